The number of benzene rings is 3. The van der Waals surface area contributed by atoms with Gasteiger partial charge in [0.25, 0.3) is 0 Å². The molecule has 1 heterocycles. The molecule has 172 valence electrons. The Labute approximate surface area is 196 Å². The molecule has 5 rings (SSSR count). The van der Waals surface area contributed by atoms with Crippen molar-refractivity contribution in [2.24, 2.45) is 0 Å². The number of carbonyl (C=O) groups is 1. The summed E-state index contributed by atoms with van der Waals surface area (Å²) >= 11 is 0. The largest absolute Gasteiger partial charge is 0.449 e. The third-order valence-electron chi connectivity index (χ3n) is 6.34. The Morgan fingerprint density at radius 2 is 1.53 bits per heavy atom. The van der Waals surface area contributed by atoms with Crippen molar-refractivity contribution in [2.75, 3.05) is 18.9 Å². The maximum atomic E-state index is 12.4. The topological polar surface area (TPSA) is 118 Å². The smallest absolute Gasteiger partial charge is 0.407 e. The Bertz CT molecular complexity index is 1310. The molecule has 2 unspecified atom stereocenters. The van der Waals surface area contributed by atoms with Crippen LogP contribution in [0.3, 0.4) is 0 Å². The number of amides is 1. The molecule has 1 aromatic heterocycles. The van der Waals surface area contributed by atoms with Gasteiger partial charge in [0, 0.05) is 29.6 Å². The van der Waals surface area contributed by atoms with E-state index in [1.807, 2.05) is 48.5 Å². The SMILES string of the molecule is Nc1ncc(C(O)C(O)CNC(=O)OCC2c3ccccc3-c3ccccc32)c2ccccc12. The van der Waals surface area contributed by atoms with Crippen LogP contribution in [0.15, 0.2) is 79.0 Å². The number of hydrogen-bond acceptors (Lipinski definition) is 6. The number of rotatable bonds is 6. The van der Waals surface area contributed by atoms with Crippen molar-refractivity contribution in [3.8, 4) is 11.1 Å². The fourth-order valence-electron chi connectivity index (χ4n) is 4.63. The highest BCUT2D eigenvalue weighted by Gasteiger charge is 2.29. The number of aromatic nitrogens is 1. The van der Waals surface area contributed by atoms with Crippen LogP contribution in [0.2, 0.25) is 0 Å². The van der Waals surface area contributed by atoms with Crippen LogP contribution in [0.25, 0.3) is 21.9 Å². The molecule has 0 bridgehead atoms. The molecule has 0 spiro atoms. The summed E-state index contributed by atoms with van der Waals surface area (Å²) in [6.45, 7) is -0.0123. The van der Waals surface area contributed by atoms with E-state index in [0.717, 1.165) is 22.3 Å². The number of ether oxygens (including phenoxy) is 1. The van der Waals surface area contributed by atoms with Crippen molar-refractivity contribution >= 4 is 22.7 Å². The van der Waals surface area contributed by atoms with Crippen LogP contribution in [-0.2, 0) is 4.74 Å². The molecule has 34 heavy (non-hydrogen) atoms. The van der Waals surface area contributed by atoms with Gasteiger partial charge in [-0.25, -0.2) is 9.78 Å². The summed E-state index contributed by atoms with van der Waals surface area (Å²) in [6, 6.07) is 23.4. The van der Waals surface area contributed by atoms with Gasteiger partial charge < -0.3 is 26.0 Å². The number of anilines is 1. The number of nitrogens with two attached hydrogens (primary N) is 1. The summed E-state index contributed by atoms with van der Waals surface area (Å²) in [7, 11) is 0. The number of pyridine rings is 1. The van der Waals surface area contributed by atoms with Crippen LogP contribution in [0.1, 0.15) is 28.7 Å². The number of hydrogen-bond donors (Lipinski definition) is 4. The standard InChI is InChI=1S/C27H25N3O4/c28-26-21-12-6-5-11-20(21)22(13-29-26)25(32)24(31)14-30-27(33)34-15-23-18-9-3-1-7-16(18)17-8-2-4-10-19(17)23/h1-13,23-25,31-32H,14-15H2,(H2,28,29)(H,30,33). The first kappa shape index (κ1) is 21.9. The second-order valence-electron chi connectivity index (χ2n) is 8.36. The molecule has 7 nitrogen and oxygen atoms in total. The van der Waals surface area contributed by atoms with Gasteiger partial charge in [0.05, 0.1) is 0 Å². The molecular weight excluding hydrogens is 430 g/mol. The van der Waals surface area contributed by atoms with Gasteiger partial charge in [-0.05, 0) is 27.6 Å². The summed E-state index contributed by atoms with van der Waals surface area (Å²) in [4.78, 5) is 16.5. The van der Waals surface area contributed by atoms with E-state index in [0.29, 0.717) is 22.2 Å². The van der Waals surface area contributed by atoms with E-state index in [4.69, 9.17) is 10.5 Å². The van der Waals surface area contributed by atoms with E-state index in [1.54, 1.807) is 12.1 Å². The highest BCUT2D eigenvalue weighted by molar-refractivity contribution is 5.93. The van der Waals surface area contributed by atoms with Gasteiger partial charge in [0.15, 0.2) is 0 Å². The third-order valence-corrected chi connectivity index (χ3v) is 6.34. The number of alkyl carbamates (subject to hydrolysis) is 1. The van der Waals surface area contributed by atoms with Crippen molar-refractivity contribution in [1.82, 2.24) is 10.3 Å². The predicted octanol–water partition coefficient (Wildman–Crippen LogP) is 3.75. The van der Waals surface area contributed by atoms with Crippen molar-refractivity contribution in [2.45, 2.75) is 18.1 Å². The second-order valence-corrected chi connectivity index (χ2v) is 8.36. The average Bonchev–Trinajstić information content (AvgIpc) is 3.20. The van der Waals surface area contributed by atoms with Gasteiger partial charge >= 0.3 is 6.09 Å². The lowest BCUT2D eigenvalue weighted by molar-refractivity contribution is 0.0192. The van der Waals surface area contributed by atoms with Crippen molar-refractivity contribution in [3.05, 3.63) is 95.7 Å². The zero-order valence-electron chi connectivity index (χ0n) is 18.4. The minimum absolute atomic E-state index is 0.0547. The van der Waals surface area contributed by atoms with Gasteiger partial charge in [-0.3, -0.25) is 0 Å². The quantitative estimate of drug-likeness (QED) is 0.352. The average molecular weight is 456 g/mol. The number of nitrogen functional groups attached to an aromatic ring is 1. The summed E-state index contributed by atoms with van der Waals surface area (Å²) < 4.78 is 5.49. The van der Waals surface area contributed by atoms with Crippen molar-refractivity contribution in [3.63, 3.8) is 0 Å². The Kier molecular flexibility index (Phi) is 5.88. The number of carbonyl (C=O) groups excluding carboxylic acids is 1. The van der Waals surface area contributed by atoms with E-state index >= 15 is 0 Å². The monoisotopic (exact) mass is 455 g/mol. The van der Waals surface area contributed by atoms with Crippen molar-refractivity contribution < 1.29 is 19.7 Å². The molecule has 0 radical (unpaired) electrons. The van der Waals surface area contributed by atoms with Crippen LogP contribution < -0.4 is 11.1 Å². The molecular formula is C27H25N3O4. The van der Waals surface area contributed by atoms with Crippen LogP contribution in [0.4, 0.5) is 10.6 Å². The third kappa shape index (κ3) is 3.96. The first-order valence-electron chi connectivity index (χ1n) is 11.1. The Hall–Kier alpha value is -3.94. The van der Waals surface area contributed by atoms with E-state index in [1.165, 1.54) is 6.20 Å². The molecule has 0 fully saturated rings. The lowest BCUT2D eigenvalue weighted by Gasteiger charge is -2.20. The number of nitrogens with zero attached hydrogens (tertiary/aromatic N) is 1. The summed E-state index contributed by atoms with van der Waals surface area (Å²) in [5, 5.41) is 25.1. The molecule has 5 N–H and O–H groups in total. The lowest BCUT2D eigenvalue weighted by Crippen LogP contribution is -2.36. The van der Waals surface area contributed by atoms with Crippen LogP contribution in [0, 0.1) is 0 Å². The first-order valence-corrected chi connectivity index (χ1v) is 11.1. The van der Waals surface area contributed by atoms with Crippen LogP contribution in [0.5, 0.6) is 0 Å². The number of aliphatic hydroxyl groups excluding tert-OH is 2. The highest BCUT2D eigenvalue weighted by Crippen LogP contribution is 2.44. The fraction of sp³-hybridized carbons (Fsp3) is 0.185. The molecule has 7 heteroatoms. The summed E-state index contributed by atoms with van der Waals surface area (Å²) in [5.41, 5.74) is 10.9. The van der Waals surface area contributed by atoms with Crippen LogP contribution >= 0.6 is 0 Å². The Morgan fingerprint density at radius 1 is 0.941 bits per heavy atom. The second kappa shape index (κ2) is 9.13. The van der Waals surface area contributed by atoms with E-state index < -0.39 is 18.3 Å². The molecule has 1 aliphatic rings. The molecule has 1 amide bonds. The lowest BCUT2D eigenvalue weighted by atomic mass is 9.98. The number of aliphatic hydroxyl groups is 2. The van der Waals surface area contributed by atoms with Gasteiger partial charge in [0.1, 0.15) is 24.6 Å². The number of fused-ring (bicyclic) bond motifs is 4. The maximum absolute atomic E-state index is 12.4. The van der Waals surface area contributed by atoms with E-state index in [9.17, 15) is 15.0 Å². The molecule has 0 saturated heterocycles. The van der Waals surface area contributed by atoms with E-state index in [-0.39, 0.29) is 19.1 Å². The van der Waals surface area contributed by atoms with Crippen LogP contribution in [-0.4, -0.2) is 40.5 Å². The highest BCUT2D eigenvalue weighted by atomic mass is 16.5. The molecule has 0 aliphatic heterocycles. The molecule has 3 aromatic carbocycles. The summed E-state index contributed by atoms with van der Waals surface area (Å²) in [5.74, 6) is 0.290. The van der Waals surface area contributed by atoms with Crippen molar-refractivity contribution in [1.29, 1.82) is 0 Å². The fourth-order valence-corrected chi connectivity index (χ4v) is 4.63. The zero-order chi connectivity index (χ0) is 23.7. The Balaban J connectivity index is 1.22. The molecule has 4 aromatic rings. The van der Waals surface area contributed by atoms with Gasteiger partial charge in [-0.1, -0.05) is 72.8 Å². The predicted molar refractivity (Wildman–Crippen MR) is 130 cm³/mol. The normalized spacial score (nSPS) is 14.3. The van der Waals surface area contributed by atoms with Gasteiger partial charge in [0.2, 0.25) is 0 Å². The molecule has 0 saturated carbocycles. The van der Waals surface area contributed by atoms with Gasteiger partial charge in [-0.2, -0.15) is 0 Å². The minimum Gasteiger partial charge on any atom is -0.449 e. The van der Waals surface area contributed by atoms with E-state index in [2.05, 4.69) is 22.4 Å². The van der Waals surface area contributed by atoms with Gasteiger partial charge in [-0.15, -0.1) is 0 Å². The summed E-state index contributed by atoms with van der Waals surface area (Å²) in [6.07, 6.45) is -1.73. The Morgan fingerprint density at radius 3 is 2.21 bits per heavy atom. The zero-order valence-corrected chi connectivity index (χ0v) is 18.4. The molecule has 2 atom stereocenters. The molecule has 1 aliphatic carbocycles. The minimum atomic E-state index is -1.26. The number of nitrogens with one attached hydrogen (secondary N) is 1. The maximum Gasteiger partial charge on any atom is 0.407 e. The first-order chi connectivity index (χ1) is 16.5.